The molecule has 2 aromatic heterocycles. The van der Waals surface area contributed by atoms with Crippen molar-refractivity contribution in [3.63, 3.8) is 0 Å². The zero-order valence-corrected chi connectivity index (χ0v) is 18.1. The van der Waals surface area contributed by atoms with E-state index in [9.17, 15) is 17.6 Å². The first kappa shape index (κ1) is 22.5. The lowest BCUT2D eigenvalue weighted by atomic mass is 10.1. The molecular weight excluding hydrogens is 456 g/mol. The molecule has 0 aliphatic heterocycles. The van der Waals surface area contributed by atoms with E-state index in [1.807, 2.05) is 37.4 Å². The van der Waals surface area contributed by atoms with Crippen LogP contribution in [0.1, 0.15) is 16.7 Å². The molecule has 0 radical (unpaired) electrons. The molecule has 0 amide bonds. The molecule has 2 heterocycles. The molecule has 0 atom stereocenters. The highest BCUT2D eigenvalue weighted by Gasteiger charge is 2.19. The van der Waals surface area contributed by atoms with Crippen LogP contribution in [0.3, 0.4) is 0 Å². The molecule has 11 heteroatoms. The van der Waals surface area contributed by atoms with E-state index in [-0.39, 0.29) is 17.0 Å². The summed E-state index contributed by atoms with van der Waals surface area (Å²) in [6, 6.07) is 11.4. The third-order valence-corrected chi connectivity index (χ3v) is 5.09. The molecule has 2 N–H and O–H groups in total. The maximum Gasteiger partial charge on any atom is 0.177 e. The summed E-state index contributed by atoms with van der Waals surface area (Å²) >= 11 is 5.25. The van der Waals surface area contributed by atoms with Gasteiger partial charge in [0.25, 0.3) is 0 Å². The number of anilines is 2. The molecule has 170 valence electrons. The molecule has 0 aliphatic carbocycles. The van der Waals surface area contributed by atoms with Crippen molar-refractivity contribution in [2.75, 3.05) is 10.6 Å². The van der Waals surface area contributed by atoms with Gasteiger partial charge in [-0.05, 0) is 30.3 Å². The molecule has 4 rings (SSSR count). The Morgan fingerprint density at radius 2 is 1.39 bits per heavy atom. The Morgan fingerprint density at radius 1 is 0.848 bits per heavy atom. The zero-order valence-electron chi connectivity index (χ0n) is 17.3. The Labute approximate surface area is 191 Å². The van der Waals surface area contributed by atoms with E-state index in [0.29, 0.717) is 12.4 Å². The van der Waals surface area contributed by atoms with Crippen molar-refractivity contribution >= 4 is 29.0 Å². The average Bonchev–Trinajstić information content (AvgIpc) is 3.40. The topological polar surface area (TPSA) is 59.7 Å². The molecule has 0 spiro atoms. The van der Waals surface area contributed by atoms with Gasteiger partial charge in [-0.15, -0.1) is 0 Å². The van der Waals surface area contributed by atoms with Gasteiger partial charge >= 0.3 is 0 Å². The summed E-state index contributed by atoms with van der Waals surface area (Å²) in [6.07, 6.45) is 3.21. The second-order valence-corrected chi connectivity index (χ2v) is 7.66. The molecule has 0 saturated carbocycles. The van der Waals surface area contributed by atoms with Gasteiger partial charge in [0.15, 0.2) is 40.0 Å². The van der Waals surface area contributed by atoms with Crippen LogP contribution < -0.4 is 10.6 Å². The molecule has 0 aliphatic rings. The lowest BCUT2D eigenvalue weighted by Crippen LogP contribution is -2.20. The van der Waals surface area contributed by atoms with Crippen molar-refractivity contribution in [3.8, 4) is 0 Å². The number of halogens is 4. The smallest absolute Gasteiger partial charge is 0.177 e. The van der Waals surface area contributed by atoms with Crippen LogP contribution in [-0.2, 0) is 13.1 Å². The van der Waals surface area contributed by atoms with Crippen molar-refractivity contribution in [1.29, 1.82) is 0 Å². The van der Waals surface area contributed by atoms with Crippen molar-refractivity contribution in [2.24, 2.45) is 0 Å². The Hall–Kier alpha value is -3.73. The van der Waals surface area contributed by atoms with Gasteiger partial charge in [-0.1, -0.05) is 24.3 Å². The highest BCUT2D eigenvalue weighted by atomic mass is 32.1. The standard InChI is InChI=1S/C22H18F4N6S/c1-13-4-2-3-5-14(13)11-31-8-6-18(29-31)27-22(33)28-19-7-9-32(30-19)12-15-20(25)16(23)10-17(24)21(15)26/h2-10H,11-12H2,1H3,(H2,27,28,29,30,33). The van der Waals surface area contributed by atoms with Gasteiger partial charge in [0, 0.05) is 30.6 Å². The summed E-state index contributed by atoms with van der Waals surface area (Å²) in [6.45, 7) is 2.13. The molecule has 6 nitrogen and oxygen atoms in total. The van der Waals surface area contributed by atoms with Gasteiger partial charge < -0.3 is 10.6 Å². The first-order chi connectivity index (χ1) is 15.8. The van der Waals surface area contributed by atoms with E-state index in [1.54, 1.807) is 10.7 Å². The molecule has 33 heavy (non-hydrogen) atoms. The first-order valence-electron chi connectivity index (χ1n) is 9.81. The van der Waals surface area contributed by atoms with Crippen LogP contribution in [0.15, 0.2) is 54.9 Å². The normalized spacial score (nSPS) is 10.9. The van der Waals surface area contributed by atoms with Crippen LogP contribution >= 0.6 is 12.2 Å². The average molecular weight is 474 g/mol. The highest BCUT2D eigenvalue weighted by Crippen LogP contribution is 2.20. The van der Waals surface area contributed by atoms with Crippen LogP contribution in [-0.4, -0.2) is 24.7 Å². The molecule has 0 fully saturated rings. The predicted molar refractivity (Wildman–Crippen MR) is 120 cm³/mol. The van der Waals surface area contributed by atoms with E-state index in [1.165, 1.54) is 12.3 Å². The molecule has 4 aromatic rings. The monoisotopic (exact) mass is 474 g/mol. The molecule has 2 aromatic carbocycles. The van der Waals surface area contributed by atoms with Crippen molar-refractivity contribution in [1.82, 2.24) is 19.6 Å². The van der Waals surface area contributed by atoms with Gasteiger partial charge in [0.1, 0.15) is 0 Å². The SMILES string of the molecule is Cc1ccccc1Cn1ccc(NC(=S)Nc2ccn(Cc3c(F)c(F)cc(F)c3F)n2)n1. The quantitative estimate of drug-likeness (QED) is 0.238. The van der Waals surface area contributed by atoms with Crippen LogP contribution in [0.2, 0.25) is 0 Å². The van der Waals surface area contributed by atoms with Crippen LogP contribution in [0, 0.1) is 30.2 Å². The maximum atomic E-state index is 13.9. The molecule has 0 bridgehead atoms. The van der Waals surface area contributed by atoms with Crippen molar-refractivity contribution in [2.45, 2.75) is 20.0 Å². The van der Waals surface area contributed by atoms with E-state index >= 15 is 0 Å². The van der Waals surface area contributed by atoms with Crippen molar-refractivity contribution in [3.05, 3.63) is 94.8 Å². The van der Waals surface area contributed by atoms with Crippen LogP contribution in [0.25, 0.3) is 0 Å². The minimum atomic E-state index is -1.47. The van der Waals surface area contributed by atoms with E-state index < -0.39 is 35.4 Å². The van der Waals surface area contributed by atoms with E-state index in [0.717, 1.165) is 15.8 Å². The number of aromatic nitrogens is 4. The van der Waals surface area contributed by atoms with E-state index in [4.69, 9.17) is 12.2 Å². The van der Waals surface area contributed by atoms with Gasteiger partial charge in [-0.3, -0.25) is 9.36 Å². The number of benzene rings is 2. The lowest BCUT2D eigenvalue weighted by Gasteiger charge is -2.08. The highest BCUT2D eigenvalue weighted by molar-refractivity contribution is 7.80. The second-order valence-electron chi connectivity index (χ2n) is 7.25. The van der Waals surface area contributed by atoms with Crippen LogP contribution in [0.4, 0.5) is 29.2 Å². The van der Waals surface area contributed by atoms with E-state index in [2.05, 4.69) is 20.8 Å². The fourth-order valence-corrected chi connectivity index (χ4v) is 3.39. The fourth-order valence-electron chi connectivity index (χ4n) is 3.18. The Morgan fingerprint density at radius 3 is 1.97 bits per heavy atom. The second kappa shape index (κ2) is 9.41. The number of aryl methyl sites for hydroxylation is 1. The van der Waals surface area contributed by atoms with Crippen molar-refractivity contribution < 1.29 is 17.6 Å². The Bertz CT molecular complexity index is 1290. The summed E-state index contributed by atoms with van der Waals surface area (Å²) in [5.41, 5.74) is 1.54. The maximum absolute atomic E-state index is 13.9. The third-order valence-electron chi connectivity index (χ3n) is 4.88. The summed E-state index contributed by atoms with van der Waals surface area (Å²) in [5.74, 6) is -5.08. The summed E-state index contributed by atoms with van der Waals surface area (Å²) in [7, 11) is 0. The number of rotatable bonds is 6. The number of hydrogen-bond acceptors (Lipinski definition) is 3. The van der Waals surface area contributed by atoms with Gasteiger partial charge in [0.05, 0.1) is 18.7 Å². The number of nitrogens with zero attached hydrogens (tertiary/aromatic N) is 4. The molecular formula is C22H18F4N6S. The fraction of sp³-hybridized carbons (Fsp3) is 0.136. The zero-order chi connectivity index (χ0) is 23.5. The number of hydrogen-bond donors (Lipinski definition) is 2. The number of nitrogens with one attached hydrogen (secondary N) is 2. The minimum absolute atomic E-state index is 0.163. The first-order valence-corrected chi connectivity index (χ1v) is 10.2. The van der Waals surface area contributed by atoms with Crippen LogP contribution in [0.5, 0.6) is 0 Å². The van der Waals surface area contributed by atoms with Gasteiger partial charge in [-0.2, -0.15) is 10.2 Å². The lowest BCUT2D eigenvalue weighted by molar-refractivity contribution is 0.431. The Balaban J connectivity index is 1.37. The summed E-state index contributed by atoms with van der Waals surface area (Å²) in [4.78, 5) is 0. The van der Waals surface area contributed by atoms with Gasteiger partial charge in [0.2, 0.25) is 0 Å². The Kier molecular flexibility index (Phi) is 6.40. The molecule has 0 unspecified atom stereocenters. The minimum Gasteiger partial charge on any atom is -0.316 e. The summed E-state index contributed by atoms with van der Waals surface area (Å²) in [5, 5.41) is 14.4. The number of thiocarbonyl (C=S) groups is 1. The van der Waals surface area contributed by atoms with Gasteiger partial charge in [-0.25, -0.2) is 17.6 Å². The largest absolute Gasteiger partial charge is 0.316 e. The molecule has 0 saturated heterocycles. The third kappa shape index (κ3) is 5.20. The predicted octanol–water partition coefficient (Wildman–Crippen LogP) is 4.85. The summed E-state index contributed by atoms with van der Waals surface area (Å²) < 4.78 is 57.4.